The zero-order valence-corrected chi connectivity index (χ0v) is 10.7. The highest BCUT2D eigenvalue weighted by Crippen LogP contribution is 2.26. The first-order valence-corrected chi connectivity index (χ1v) is 5.60. The summed E-state index contributed by atoms with van der Waals surface area (Å²) in [5.41, 5.74) is 0.278. The second-order valence-corrected chi connectivity index (χ2v) is 4.02. The molecule has 0 atom stereocenters. The van der Waals surface area contributed by atoms with E-state index < -0.39 is 25.2 Å². The molecule has 8 heteroatoms. The van der Waals surface area contributed by atoms with Gasteiger partial charge in [-0.3, -0.25) is 4.79 Å². The smallest absolute Gasteiger partial charge is 0.401 e. The van der Waals surface area contributed by atoms with Gasteiger partial charge >= 0.3 is 6.18 Å². The predicted octanol–water partition coefficient (Wildman–Crippen LogP) is 2.44. The summed E-state index contributed by atoms with van der Waals surface area (Å²) in [7, 11) is 1.44. The van der Waals surface area contributed by atoms with Crippen LogP contribution in [0.3, 0.4) is 0 Å². The number of rotatable bonds is 5. The summed E-state index contributed by atoms with van der Waals surface area (Å²) in [6.45, 7) is -1.70. The van der Waals surface area contributed by atoms with Gasteiger partial charge in [0, 0.05) is 6.07 Å². The minimum Gasteiger partial charge on any atom is -0.497 e. The number of anilines is 1. The fraction of sp³-hybridized carbons (Fsp3) is 0.364. The topological polar surface area (TPSA) is 50.4 Å². The van der Waals surface area contributed by atoms with Crippen LogP contribution in [-0.4, -0.2) is 32.3 Å². The molecular formula is C11H12ClF3N2O2. The number of carbonyl (C=O) groups excluding carboxylic acids is 1. The summed E-state index contributed by atoms with van der Waals surface area (Å²) < 4.78 is 40.5. The number of hydrogen-bond acceptors (Lipinski definition) is 3. The Balaban J connectivity index is 2.52. The van der Waals surface area contributed by atoms with Crippen molar-refractivity contribution in [2.45, 2.75) is 6.18 Å². The third-order valence-electron chi connectivity index (χ3n) is 2.06. The molecule has 0 fully saturated rings. The SMILES string of the molecule is COc1ccc(Cl)c(NC(=O)CNCC(F)(F)F)c1. The molecule has 1 aromatic rings. The van der Waals surface area contributed by atoms with Gasteiger partial charge in [0.25, 0.3) is 0 Å². The van der Waals surface area contributed by atoms with Crippen LogP contribution in [0.2, 0.25) is 5.02 Å². The lowest BCUT2D eigenvalue weighted by atomic mass is 10.3. The molecule has 0 radical (unpaired) electrons. The maximum Gasteiger partial charge on any atom is 0.401 e. The summed E-state index contributed by atoms with van der Waals surface area (Å²) >= 11 is 5.83. The van der Waals surface area contributed by atoms with E-state index in [9.17, 15) is 18.0 Å². The fourth-order valence-electron chi connectivity index (χ4n) is 1.24. The fourth-order valence-corrected chi connectivity index (χ4v) is 1.40. The molecule has 0 aliphatic carbocycles. The van der Waals surface area contributed by atoms with E-state index in [0.717, 1.165) is 0 Å². The van der Waals surface area contributed by atoms with Gasteiger partial charge in [-0.1, -0.05) is 11.6 Å². The van der Waals surface area contributed by atoms with E-state index in [1.54, 1.807) is 6.07 Å². The highest BCUT2D eigenvalue weighted by Gasteiger charge is 2.26. The summed E-state index contributed by atoms with van der Waals surface area (Å²) in [5, 5.41) is 4.64. The molecule has 0 saturated carbocycles. The summed E-state index contributed by atoms with van der Waals surface area (Å²) in [6.07, 6.45) is -4.35. The largest absolute Gasteiger partial charge is 0.497 e. The van der Waals surface area contributed by atoms with E-state index in [4.69, 9.17) is 16.3 Å². The second-order valence-electron chi connectivity index (χ2n) is 3.61. The highest BCUT2D eigenvalue weighted by atomic mass is 35.5. The average Bonchev–Trinajstić information content (AvgIpc) is 2.30. The van der Waals surface area contributed by atoms with Gasteiger partial charge in [-0.05, 0) is 12.1 Å². The first-order chi connectivity index (χ1) is 8.81. The van der Waals surface area contributed by atoms with E-state index in [1.807, 2.05) is 5.32 Å². The molecule has 4 nitrogen and oxygen atoms in total. The molecule has 0 saturated heterocycles. The minimum atomic E-state index is -4.35. The molecule has 1 aromatic carbocycles. The Hall–Kier alpha value is -1.47. The van der Waals surface area contributed by atoms with Crippen LogP contribution in [0.5, 0.6) is 5.75 Å². The number of benzene rings is 1. The molecule has 19 heavy (non-hydrogen) atoms. The van der Waals surface area contributed by atoms with Gasteiger partial charge in [-0.15, -0.1) is 0 Å². The van der Waals surface area contributed by atoms with Crippen molar-refractivity contribution in [1.82, 2.24) is 5.32 Å². The zero-order valence-electron chi connectivity index (χ0n) is 9.97. The van der Waals surface area contributed by atoms with Gasteiger partial charge in [-0.25, -0.2) is 0 Å². The Morgan fingerprint density at radius 1 is 1.42 bits per heavy atom. The minimum absolute atomic E-state index is 0.268. The van der Waals surface area contributed by atoms with Crippen molar-refractivity contribution in [3.8, 4) is 5.75 Å². The Bertz CT molecular complexity index is 452. The number of ether oxygens (including phenoxy) is 1. The van der Waals surface area contributed by atoms with Gasteiger partial charge in [-0.2, -0.15) is 13.2 Å². The Morgan fingerprint density at radius 2 is 2.11 bits per heavy atom. The lowest BCUT2D eigenvalue weighted by Crippen LogP contribution is -2.35. The number of hydrogen-bond donors (Lipinski definition) is 2. The monoisotopic (exact) mass is 296 g/mol. The van der Waals surface area contributed by atoms with E-state index in [-0.39, 0.29) is 10.7 Å². The number of carbonyl (C=O) groups is 1. The molecule has 0 unspecified atom stereocenters. The Kier molecular flexibility index (Phi) is 5.44. The van der Waals surface area contributed by atoms with Crippen molar-refractivity contribution >= 4 is 23.2 Å². The Morgan fingerprint density at radius 3 is 2.68 bits per heavy atom. The molecule has 2 N–H and O–H groups in total. The summed E-state index contributed by atoms with van der Waals surface area (Å²) in [5.74, 6) is -0.151. The van der Waals surface area contributed by atoms with Crippen molar-refractivity contribution in [3.05, 3.63) is 23.2 Å². The van der Waals surface area contributed by atoms with E-state index in [1.165, 1.54) is 19.2 Å². The number of methoxy groups -OCH3 is 1. The first kappa shape index (κ1) is 15.6. The molecular weight excluding hydrogens is 285 g/mol. The van der Waals surface area contributed by atoms with Gasteiger partial charge in [0.15, 0.2) is 0 Å². The first-order valence-electron chi connectivity index (χ1n) is 5.22. The molecule has 1 rings (SSSR count). The highest BCUT2D eigenvalue weighted by molar-refractivity contribution is 6.33. The van der Waals surface area contributed by atoms with Gasteiger partial charge in [0.1, 0.15) is 5.75 Å². The molecule has 0 aliphatic heterocycles. The van der Waals surface area contributed by atoms with Gasteiger partial charge in [0.05, 0.1) is 30.9 Å². The molecule has 0 aromatic heterocycles. The Labute approximate surface area is 112 Å². The lowest BCUT2D eigenvalue weighted by molar-refractivity contribution is -0.126. The van der Waals surface area contributed by atoms with Crippen LogP contribution in [0.1, 0.15) is 0 Å². The van der Waals surface area contributed by atoms with Crippen LogP contribution >= 0.6 is 11.6 Å². The van der Waals surface area contributed by atoms with E-state index in [2.05, 4.69) is 5.32 Å². The van der Waals surface area contributed by atoms with Crippen molar-refractivity contribution < 1.29 is 22.7 Å². The number of amides is 1. The zero-order chi connectivity index (χ0) is 14.5. The lowest BCUT2D eigenvalue weighted by Gasteiger charge is -2.10. The van der Waals surface area contributed by atoms with Crippen LogP contribution in [-0.2, 0) is 4.79 Å². The number of halogens is 4. The van der Waals surface area contributed by atoms with Crippen LogP contribution < -0.4 is 15.4 Å². The normalized spacial score (nSPS) is 11.2. The molecule has 1 amide bonds. The maximum atomic E-state index is 11.9. The molecule has 0 bridgehead atoms. The number of nitrogens with one attached hydrogen (secondary N) is 2. The van der Waals surface area contributed by atoms with Crippen LogP contribution in [0.15, 0.2) is 18.2 Å². The summed E-state index contributed by atoms with van der Waals surface area (Å²) in [4.78, 5) is 11.4. The average molecular weight is 297 g/mol. The quantitative estimate of drug-likeness (QED) is 0.877. The molecule has 106 valence electrons. The third kappa shape index (κ3) is 5.80. The van der Waals surface area contributed by atoms with E-state index in [0.29, 0.717) is 5.75 Å². The van der Waals surface area contributed by atoms with E-state index >= 15 is 0 Å². The van der Waals surface area contributed by atoms with Gasteiger partial charge < -0.3 is 15.4 Å². The third-order valence-corrected chi connectivity index (χ3v) is 2.39. The molecule has 0 aliphatic rings. The van der Waals surface area contributed by atoms with Crippen molar-refractivity contribution in [2.24, 2.45) is 0 Å². The van der Waals surface area contributed by atoms with Crippen LogP contribution in [0.25, 0.3) is 0 Å². The summed E-state index contributed by atoms with van der Waals surface area (Å²) in [6, 6.07) is 4.59. The van der Waals surface area contributed by atoms with Crippen LogP contribution in [0.4, 0.5) is 18.9 Å². The maximum absolute atomic E-state index is 11.9. The van der Waals surface area contributed by atoms with Crippen molar-refractivity contribution in [2.75, 3.05) is 25.5 Å². The standard InChI is InChI=1S/C11H12ClF3N2O2/c1-19-7-2-3-8(12)9(4-7)17-10(18)5-16-6-11(13,14)15/h2-4,16H,5-6H2,1H3,(H,17,18). The van der Waals surface area contributed by atoms with Crippen molar-refractivity contribution in [1.29, 1.82) is 0 Å². The number of alkyl halides is 3. The van der Waals surface area contributed by atoms with Crippen molar-refractivity contribution in [3.63, 3.8) is 0 Å². The second kappa shape index (κ2) is 6.63. The molecule has 0 heterocycles. The van der Waals surface area contributed by atoms with Gasteiger partial charge in [0.2, 0.25) is 5.91 Å². The molecule has 0 spiro atoms. The predicted molar refractivity (Wildman–Crippen MR) is 65.6 cm³/mol. The van der Waals surface area contributed by atoms with Crippen LogP contribution in [0, 0.1) is 0 Å².